The summed E-state index contributed by atoms with van der Waals surface area (Å²) in [5.74, 6) is 0. The van der Waals surface area contributed by atoms with Crippen LogP contribution in [0, 0.1) is 11.3 Å². The zero-order chi connectivity index (χ0) is 13.2. The van der Waals surface area contributed by atoms with Crippen molar-refractivity contribution in [1.82, 2.24) is 0 Å². The number of hydrogen-bond acceptors (Lipinski definition) is 3. The molecular formula is C16H14N2O. The van der Waals surface area contributed by atoms with Gasteiger partial charge in [0.25, 0.3) is 0 Å². The number of aliphatic hydroxyl groups excluding tert-OH is 1. The van der Waals surface area contributed by atoms with Gasteiger partial charge in [-0.15, -0.1) is 0 Å². The van der Waals surface area contributed by atoms with Gasteiger partial charge in [0.15, 0.2) is 0 Å². The van der Waals surface area contributed by atoms with Crippen LogP contribution in [0.4, 0.5) is 5.69 Å². The van der Waals surface area contributed by atoms with E-state index in [1.807, 2.05) is 30.3 Å². The van der Waals surface area contributed by atoms with E-state index in [1.165, 1.54) is 5.56 Å². The highest BCUT2D eigenvalue weighted by Gasteiger charge is 2.27. The minimum absolute atomic E-state index is 0.00895. The number of nitrogens with zero attached hydrogens (tertiary/aromatic N) is 1. The number of para-hydroxylation sites is 1. The zero-order valence-electron chi connectivity index (χ0n) is 10.4. The number of nitriles is 1. The van der Waals surface area contributed by atoms with Crippen LogP contribution >= 0.6 is 0 Å². The number of rotatable bonds is 2. The highest BCUT2D eigenvalue weighted by Crippen LogP contribution is 2.31. The van der Waals surface area contributed by atoms with Gasteiger partial charge in [-0.1, -0.05) is 30.3 Å². The average molecular weight is 250 g/mol. The van der Waals surface area contributed by atoms with Gasteiger partial charge in [0.05, 0.1) is 23.8 Å². The van der Waals surface area contributed by atoms with E-state index in [9.17, 15) is 5.11 Å². The second kappa shape index (κ2) is 4.75. The summed E-state index contributed by atoms with van der Waals surface area (Å²) < 4.78 is 0. The van der Waals surface area contributed by atoms with Crippen LogP contribution in [-0.4, -0.2) is 11.1 Å². The summed E-state index contributed by atoms with van der Waals surface area (Å²) in [6, 6.07) is 17.3. The summed E-state index contributed by atoms with van der Waals surface area (Å²) >= 11 is 0. The molecular weight excluding hydrogens is 236 g/mol. The average Bonchev–Trinajstić information content (AvgIpc) is 2.90. The number of benzene rings is 2. The van der Waals surface area contributed by atoms with Gasteiger partial charge in [-0.05, 0) is 35.7 Å². The highest BCUT2D eigenvalue weighted by atomic mass is 16.3. The first kappa shape index (κ1) is 11.8. The minimum atomic E-state index is -0.569. The molecule has 2 unspecified atom stereocenters. The van der Waals surface area contributed by atoms with Gasteiger partial charge in [-0.3, -0.25) is 0 Å². The fourth-order valence-electron chi connectivity index (χ4n) is 2.50. The van der Waals surface area contributed by atoms with Crippen molar-refractivity contribution in [3.63, 3.8) is 0 Å². The Hall–Kier alpha value is -2.31. The van der Waals surface area contributed by atoms with E-state index in [1.54, 1.807) is 12.1 Å². The summed E-state index contributed by atoms with van der Waals surface area (Å²) in [7, 11) is 0. The molecule has 0 aromatic heterocycles. The van der Waals surface area contributed by atoms with Crippen molar-refractivity contribution in [2.24, 2.45) is 0 Å². The van der Waals surface area contributed by atoms with E-state index < -0.39 is 6.10 Å². The fourth-order valence-corrected chi connectivity index (χ4v) is 2.50. The molecule has 2 N–H and O–H groups in total. The molecule has 1 heterocycles. The molecule has 2 aromatic carbocycles. The third-order valence-electron chi connectivity index (χ3n) is 3.56. The van der Waals surface area contributed by atoms with Gasteiger partial charge >= 0.3 is 0 Å². The molecule has 0 radical (unpaired) electrons. The van der Waals surface area contributed by atoms with E-state index >= 15 is 0 Å². The highest BCUT2D eigenvalue weighted by molar-refractivity contribution is 5.57. The topological polar surface area (TPSA) is 56.0 Å². The maximum absolute atomic E-state index is 10.4. The van der Waals surface area contributed by atoms with E-state index in [2.05, 4.69) is 17.5 Å². The van der Waals surface area contributed by atoms with Crippen molar-refractivity contribution in [3.05, 3.63) is 65.2 Å². The van der Waals surface area contributed by atoms with Crippen LogP contribution in [0.25, 0.3) is 0 Å². The normalized spacial score (nSPS) is 18.2. The van der Waals surface area contributed by atoms with Gasteiger partial charge in [0.1, 0.15) is 0 Å². The third-order valence-corrected chi connectivity index (χ3v) is 3.56. The lowest BCUT2D eigenvalue weighted by molar-refractivity contribution is 0.156. The molecule has 1 aliphatic rings. The Morgan fingerprint density at radius 3 is 2.58 bits per heavy atom. The maximum atomic E-state index is 10.4. The quantitative estimate of drug-likeness (QED) is 0.861. The van der Waals surface area contributed by atoms with E-state index in [0.29, 0.717) is 5.56 Å². The van der Waals surface area contributed by atoms with Crippen LogP contribution in [0.3, 0.4) is 0 Å². The smallest absolute Gasteiger partial charge is 0.0994 e. The Morgan fingerprint density at radius 1 is 1.16 bits per heavy atom. The standard InChI is InChI=1S/C16H14N2O/c17-10-11-5-7-12(8-6-11)16(19)15-9-13-3-1-2-4-14(13)18-15/h1-8,15-16,18-19H,9H2. The Bertz CT molecular complexity index is 603. The SMILES string of the molecule is N#Cc1ccc(C(O)C2Cc3ccccc3N2)cc1. The minimum Gasteiger partial charge on any atom is -0.386 e. The van der Waals surface area contributed by atoms with Gasteiger partial charge in [-0.2, -0.15) is 5.26 Å². The maximum Gasteiger partial charge on any atom is 0.0994 e. The Balaban J connectivity index is 1.79. The first-order chi connectivity index (χ1) is 9.28. The Kier molecular flexibility index (Phi) is 2.94. The fraction of sp³-hybridized carbons (Fsp3) is 0.188. The second-order valence-electron chi connectivity index (χ2n) is 4.79. The molecule has 3 rings (SSSR count). The number of aliphatic hydroxyl groups is 1. The molecule has 0 bridgehead atoms. The number of anilines is 1. The lowest BCUT2D eigenvalue weighted by Gasteiger charge is -2.19. The van der Waals surface area contributed by atoms with E-state index in [4.69, 9.17) is 5.26 Å². The molecule has 0 saturated heterocycles. The van der Waals surface area contributed by atoms with Crippen molar-refractivity contribution >= 4 is 5.69 Å². The molecule has 3 nitrogen and oxygen atoms in total. The summed E-state index contributed by atoms with van der Waals surface area (Å²) in [5.41, 5.74) is 3.78. The van der Waals surface area contributed by atoms with E-state index in [0.717, 1.165) is 17.7 Å². The molecule has 0 amide bonds. The molecule has 94 valence electrons. The van der Waals surface area contributed by atoms with Gasteiger partial charge in [0.2, 0.25) is 0 Å². The molecule has 1 aliphatic heterocycles. The van der Waals surface area contributed by atoms with Crippen LogP contribution in [0.2, 0.25) is 0 Å². The van der Waals surface area contributed by atoms with Crippen LogP contribution in [0.15, 0.2) is 48.5 Å². The Labute approximate surface area is 112 Å². The first-order valence-corrected chi connectivity index (χ1v) is 6.30. The summed E-state index contributed by atoms with van der Waals surface area (Å²) in [6.45, 7) is 0. The van der Waals surface area contributed by atoms with Crippen molar-refractivity contribution in [2.75, 3.05) is 5.32 Å². The van der Waals surface area contributed by atoms with Gasteiger partial charge in [-0.25, -0.2) is 0 Å². The first-order valence-electron chi connectivity index (χ1n) is 6.30. The van der Waals surface area contributed by atoms with Gasteiger partial charge in [0, 0.05) is 5.69 Å². The van der Waals surface area contributed by atoms with Crippen molar-refractivity contribution in [2.45, 2.75) is 18.6 Å². The van der Waals surface area contributed by atoms with Crippen LogP contribution in [0.5, 0.6) is 0 Å². The predicted octanol–water partition coefficient (Wildman–Crippen LogP) is 2.63. The molecule has 0 spiro atoms. The molecule has 0 fully saturated rings. The third kappa shape index (κ3) is 2.18. The molecule has 2 aromatic rings. The molecule has 2 atom stereocenters. The number of fused-ring (bicyclic) bond motifs is 1. The van der Waals surface area contributed by atoms with Crippen LogP contribution < -0.4 is 5.32 Å². The second-order valence-corrected chi connectivity index (χ2v) is 4.79. The number of hydrogen-bond donors (Lipinski definition) is 2. The van der Waals surface area contributed by atoms with E-state index in [-0.39, 0.29) is 6.04 Å². The molecule has 0 aliphatic carbocycles. The van der Waals surface area contributed by atoms with Crippen LogP contribution in [0.1, 0.15) is 22.8 Å². The summed E-state index contributed by atoms with van der Waals surface area (Å²) in [5, 5.41) is 22.5. The lowest BCUT2D eigenvalue weighted by Crippen LogP contribution is -2.24. The predicted molar refractivity (Wildman–Crippen MR) is 73.7 cm³/mol. The number of nitrogens with one attached hydrogen (secondary N) is 1. The van der Waals surface area contributed by atoms with Crippen molar-refractivity contribution in [1.29, 1.82) is 5.26 Å². The zero-order valence-corrected chi connectivity index (χ0v) is 10.4. The molecule has 3 heteroatoms. The van der Waals surface area contributed by atoms with Crippen LogP contribution in [-0.2, 0) is 6.42 Å². The monoisotopic (exact) mass is 250 g/mol. The summed E-state index contributed by atoms with van der Waals surface area (Å²) in [6.07, 6.45) is 0.247. The molecule has 19 heavy (non-hydrogen) atoms. The lowest BCUT2D eigenvalue weighted by atomic mass is 9.98. The summed E-state index contributed by atoms with van der Waals surface area (Å²) in [4.78, 5) is 0. The van der Waals surface area contributed by atoms with Crippen molar-refractivity contribution < 1.29 is 5.11 Å². The molecule has 0 saturated carbocycles. The van der Waals surface area contributed by atoms with Gasteiger partial charge < -0.3 is 10.4 Å². The van der Waals surface area contributed by atoms with Crippen molar-refractivity contribution in [3.8, 4) is 6.07 Å². The largest absolute Gasteiger partial charge is 0.386 e. The Morgan fingerprint density at radius 2 is 1.89 bits per heavy atom.